The van der Waals surface area contributed by atoms with Crippen LogP contribution in [0.3, 0.4) is 0 Å². The molecule has 0 aliphatic carbocycles. The van der Waals surface area contributed by atoms with Crippen molar-refractivity contribution >= 4 is 11.8 Å². The second-order valence-corrected chi connectivity index (χ2v) is 6.13. The van der Waals surface area contributed by atoms with E-state index in [1.807, 2.05) is 25.6 Å². The predicted molar refractivity (Wildman–Crippen MR) is 83.4 cm³/mol. The Balaban J connectivity index is 1.80. The van der Waals surface area contributed by atoms with Gasteiger partial charge >= 0.3 is 0 Å². The Hall–Kier alpha value is -1.66. The van der Waals surface area contributed by atoms with Gasteiger partial charge in [0.05, 0.1) is 11.3 Å². The Kier molecular flexibility index (Phi) is 4.07. The number of aromatic nitrogens is 3. The molecule has 1 aliphatic rings. The number of aromatic amines is 1. The number of nitrogens with zero attached hydrogens (tertiary/aromatic N) is 3. The first-order valence-corrected chi connectivity index (χ1v) is 8.17. The summed E-state index contributed by atoms with van der Waals surface area (Å²) in [5.41, 5.74) is 4.09. The van der Waals surface area contributed by atoms with Crippen LogP contribution in [0, 0.1) is 6.92 Å². The van der Waals surface area contributed by atoms with E-state index in [0.717, 1.165) is 36.3 Å². The molecular weight excluding hydrogens is 284 g/mol. The molecule has 1 N–H and O–H groups in total. The number of hydrogen-bond donors (Lipinski definition) is 1. The summed E-state index contributed by atoms with van der Waals surface area (Å²) in [6, 6.07) is 2.14. The summed E-state index contributed by atoms with van der Waals surface area (Å²) in [6.45, 7) is 4.43. The quantitative estimate of drug-likeness (QED) is 0.691. The van der Waals surface area contributed by atoms with Crippen LogP contribution in [0.1, 0.15) is 22.4 Å². The fourth-order valence-electron chi connectivity index (χ4n) is 2.65. The van der Waals surface area contributed by atoms with Crippen molar-refractivity contribution in [2.24, 2.45) is 0 Å². The second kappa shape index (κ2) is 5.99. The van der Waals surface area contributed by atoms with Crippen molar-refractivity contribution in [1.82, 2.24) is 19.9 Å². The third-order valence-corrected chi connectivity index (χ3v) is 4.24. The average molecular weight is 302 g/mol. The van der Waals surface area contributed by atoms with E-state index in [-0.39, 0.29) is 5.56 Å². The van der Waals surface area contributed by atoms with Crippen LogP contribution >= 0.6 is 11.8 Å². The Bertz CT molecular complexity index is 713. The van der Waals surface area contributed by atoms with Gasteiger partial charge in [0.15, 0.2) is 5.16 Å². The van der Waals surface area contributed by atoms with Crippen molar-refractivity contribution in [2.75, 3.05) is 12.8 Å². The van der Waals surface area contributed by atoms with Crippen LogP contribution in [0.2, 0.25) is 0 Å². The number of H-pyrrole nitrogens is 1. The molecule has 0 saturated heterocycles. The fraction of sp³-hybridized carbons (Fsp3) is 0.400. The summed E-state index contributed by atoms with van der Waals surface area (Å²) >= 11 is 1.47. The third-order valence-electron chi connectivity index (χ3n) is 3.66. The molecule has 3 heterocycles. The molecule has 110 valence electrons. The Morgan fingerprint density at radius 3 is 3.05 bits per heavy atom. The van der Waals surface area contributed by atoms with Crippen molar-refractivity contribution in [3.8, 4) is 0 Å². The van der Waals surface area contributed by atoms with Gasteiger partial charge in [0.1, 0.15) is 0 Å². The van der Waals surface area contributed by atoms with Gasteiger partial charge in [0.2, 0.25) is 0 Å². The molecule has 0 unspecified atom stereocenters. The van der Waals surface area contributed by atoms with Gasteiger partial charge in [-0.05, 0) is 24.3 Å². The first-order chi connectivity index (χ1) is 10.2. The summed E-state index contributed by atoms with van der Waals surface area (Å²) in [4.78, 5) is 26.0. The van der Waals surface area contributed by atoms with Crippen molar-refractivity contribution in [3.05, 3.63) is 51.2 Å². The monoisotopic (exact) mass is 302 g/mol. The van der Waals surface area contributed by atoms with E-state index in [9.17, 15) is 4.79 Å². The number of nitrogens with one attached hydrogen (secondary N) is 1. The van der Waals surface area contributed by atoms with E-state index in [2.05, 4.69) is 25.9 Å². The fourth-order valence-corrected chi connectivity index (χ4v) is 3.05. The number of rotatable bonds is 3. The van der Waals surface area contributed by atoms with E-state index in [1.165, 1.54) is 17.3 Å². The van der Waals surface area contributed by atoms with Crippen LogP contribution in [0.5, 0.6) is 0 Å². The van der Waals surface area contributed by atoms with Crippen LogP contribution < -0.4 is 5.56 Å². The highest BCUT2D eigenvalue weighted by atomic mass is 32.2. The van der Waals surface area contributed by atoms with E-state index in [0.29, 0.717) is 11.7 Å². The van der Waals surface area contributed by atoms with Crippen LogP contribution in [0.4, 0.5) is 0 Å². The predicted octanol–water partition coefficient (Wildman–Crippen LogP) is 1.75. The molecule has 2 aromatic heterocycles. The van der Waals surface area contributed by atoms with Crippen molar-refractivity contribution in [3.63, 3.8) is 0 Å². The number of pyridine rings is 1. The van der Waals surface area contributed by atoms with Gasteiger partial charge in [-0.2, -0.15) is 0 Å². The van der Waals surface area contributed by atoms with Crippen LogP contribution in [0.15, 0.2) is 28.4 Å². The zero-order valence-electron chi connectivity index (χ0n) is 12.2. The van der Waals surface area contributed by atoms with Crippen LogP contribution in [-0.4, -0.2) is 32.7 Å². The van der Waals surface area contributed by atoms with Gasteiger partial charge in [-0.1, -0.05) is 17.8 Å². The van der Waals surface area contributed by atoms with Gasteiger partial charge in [-0.3, -0.25) is 14.7 Å². The number of thioether (sulfide) groups is 1. The van der Waals surface area contributed by atoms with Gasteiger partial charge < -0.3 is 4.98 Å². The number of hydrogen-bond acceptors (Lipinski definition) is 5. The van der Waals surface area contributed by atoms with Crippen molar-refractivity contribution in [2.45, 2.75) is 31.6 Å². The summed E-state index contributed by atoms with van der Waals surface area (Å²) in [7, 11) is 0. The standard InChI is InChI=1S/C15H18N4OS/c1-10-5-11(7-16-6-10)8-19-4-3-13-12(9-19)14(20)18-15(17-13)21-2/h5-7H,3-4,8-9H2,1-2H3,(H,17,18,20). The summed E-state index contributed by atoms with van der Waals surface area (Å²) in [5, 5.41) is 0.704. The molecule has 3 rings (SSSR count). The largest absolute Gasteiger partial charge is 0.301 e. The highest BCUT2D eigenvalue weighted by molar-refractivity contribution is 7.98. The van der Waals surface area contributed by atoms with Crippen molar-refractivity contribution < 1.29 is 0 Å². The maximum Gasteiger partial charge on any atom is 0.256 e. The zero-order valence-corrected chi connectivity index (χ0v) is 13.0. The van der Waals surface area contributed by atoms with E-state index >= 15 is 0 Å². The molecule has 0 aromatic carbocycles. The highest BCUT2D eigenvalue weighted by Crippen LogP contribution is 2.18. The Labute approximate surface area is 127 Å². The minimum atomic E-state index is -0.00332. The zero-order chi connectivity index (χ0) is 14.8. The number of fused-ring (bicyclic) bond motifs is 1. The lowest BCUT2D eigenvalue weighted by Gasteiger charge is -2.27. The molecule has 0 bridgehead atoms. The topological polar surface area (TPSA) is 61.9 Å². The molecule has 0 fully saturated rings. The molecule has 0 radical (unpaired) electrons. The molecule has 0 saturated carbocycles. The minimum absolute atomic E-state index is 0.00332. The normalized spacial score (nSPS) is 15.0. The summed E-state index contributed by atoms with van der Waals surface area (Å²) in [5.74, 6) is 0. The van der Waals surface area contributed by atoms with Gasteiger partial charge in [-0.25, -0.2) is 4.98 Å². The van der Waals surface area contributed by atoms with Crippen molar-refractivity contribution in [1.29, 1.82) is 0 Å². The molecule has 2 aromatic rings. The molecule has 21 heavy (non-hydrogen) atoms. The minimum Gasteiger partial charge on any atom is -0.301 e. The maximum absolute atomic E-state index is 12.1. The molecule has 0 spiro atoms. The maximum atomic E-state index is 12.1. The van der Waals surface area contributed by atoms with E-state index in [1.54, 1.807) is 0 Å². The van der Waals surface area contributed by atoms with Gasteiger partial charge in [-0.15, -0.1) is 0 Å². The van der Waals surface area contributed by atoms with Gasteiger partial charge in [0, 0.05) is 38.4 Å². The third kappa shape index (κ3) is 3.16. The molecular formula is C15H18N4OS. The second-order valence-electron chi connectivity index (χ2n) is 5.33. The lowest BCUT2D eigenvalue weighted by molar-refractivity contribution is 0.240. The first-order valence-electron chi connectivity index (χ1n) is 6.94. The Morgan fingerprint density at radius 1 is 1.43 bits per heavy atom. The molecule has 1 aliphatic heterocycles. The first kappa shape index (κ1) is 14.3. The van der Waals surface area contributed by atoms with Crippen LogP contribution in [0.25, 0.3) is 0 Å². The van der Waals surface area contributed by atoms with Crippen LogP contribution in [-0.2, 0) is 19.5 Å². The van der Waals surface area contributed by atoms with E-state index in [4.69, 9.17) is 0 Å². The summed E-state index contributed by atoms with van der Waals surface area (Å²) in [6.07, 6.45) is 6.49. The smallest absolute Gasteiger partial charge is 0.256 e. The molecule has 0 atom stereocenters. The van der Waals surface area contributed by atoms with Gasteiger partial charge in [0.25, 0.3) is 5.56 Å². The summed E-state index contributed by atoms with van der Waals surface area (Å²) < 4.78 is 0. The molecule has 5 nitrogen and oxygen atoms in total. The lowest BCUT2D eigenvalue weighted by Crippen LogP contribution is -2.35. The number of aryl methyl sites for hydroxylation is 1. The molecule has 0 amide bonds. The Morgan fingerprint density at radius 2 is 2.29 bits per heavy atom. The highest BCUT2D eigenvalue weighted by Gasteiger charge is 2.21. The SMILES string of the molecule is CSc1nc2c(c(=O)[nH]1)CN(Cc1cncc(C)c1)CC2. The van der Waals surface area contributed by atoms with E-state index < -0.39 is 0 Å². The lowest BCUT2D eigenvalue weighted by atomic mass is 10.1. The molecule has 6 heteroatoms. The average Bonchev–Trinajstić information content (AvgIpc) is 2.47.